The number of hydrogen-bond donors (Lipinski definition) is 1. The minimum absolute atomic E-state index is 0.0156. The summed E-state index contributed by atoms with van der Waals surface area (Å²) in [6.45, 7) is 1.33. The molecule has 0 saturated carbocycles. The lowest BCUT2D eigenvalue weighted by Gasteiger charge is -2.15. The van der Waals surface area contributed by atoms with Gasteiger partial charge in [0.15, 0.2) is 6.10 Å². The third-order valence-corrected chi connectivity index (χ3v) is 5.54. The van der Waals surface area contributed by atoms with Crippen LogP contribution in [0.2, 0.25) is 5.02 Å². The molecule has 30 heavy (non-hydrogen) atoms. The standard InChI is InChI=1S/C20H16ClF3N2O3S/c1-11(19(28)26-15-10-12(20(22,23)24)6-7-13(15)21)29-18(27)9-8-17-25-14-4-2-3-5-16(14)30-17/h2-7,10-11H,8-9H2,1H3,(H,26,28)/t11-/m1/s1. The van der Waals surface area contributed by atoms with Crippen molar-refractivity contribution in [3.8, 4) is 0 Å². The smallest absolute Gasteiger partial charge is 0.416 e. The Kier molecular flexibility index (Phi) is 6.62. The molecule has 3 aromatic rings. The number of esters is 1. The predicted molar refractivity (Wildman–Crippen MR) is 109 cm³/mol. The van der Waals surface area contributed by atoms with E-state index in [1.54, 1.807) is 0 Å². The average molecular weight is 457 g/mol. The van der Waals surface area contributed by atoms with Gasteiger partial charge in [-0.15, -0.1) is 11.3 Å². The van der Waals surface area contributed by atoms with Crippen molar-refractivity contribution < 1.29 is 27.5 Å². The van der Waals surface area contributed by atoms with Crippen molar-refractivity contribution in [3.05, 3.63) is 58.1 Å². The van der Waals surface area contributed by atoms with E-state index in [1.807, 2.05) is 24.3 Å². The zero-order chi connectivity index (χ0) is 21.9. The van der Waals surface area contributed by atoms with Crippen LogP contribution >= 0.6 is 22.9 Å². The number of hydrogen-bond acceptors (Lipinski definition) is 5. The van der Waals surface area contributed by atoms with Crippen LogP contribution in [0.4, 0.5) is 18.9 Å². The number of para-hydroxylation sites is 1. The Balaban J connectivity index is 1.55. The Labute approximate surface area is 178 Å². The van der Waals surface area contributed by atoms with Crippen LogP contribution in [-0.4, -0.2) is 23.0 Å². The molecule has 3 rings (SSSR count). The predicted octanol–water partition coefficient (Wildman–Crippen LogP) is 5.47. The first-order valence-electron chi connectivity index (χ1n) is 8.85. The summed E-state index contributed by atoms with van der Waals surface area (Å²) >= 11 is 7.32. The third-order valence-electron chi connectivity index (χ3n) is 4.11. The number of halogens is 4. The summed E-state index contributed by atoms with van der Waals surface area (Å²) in [4.78, 5) is 28.7. The Morgan fingerprint density at radius 1 is 1.23 bits per heavy atom. The summed E-state index contributed by atoms with van der Waals surface area (Å²) in [5, 5.41) is 2.96. The van der Waals surface area contributed by atoms with Gasteiger partial charge in [0.25, 0.3) is 5.91 Å². The number of nitrogens with zero attached hydrogens (tertiary/aromatic N) is 1. The van der Waals surface area contributed by atoms with Crippen molar-refractivity contribution in [2.75, 3.05) is 5.32 Å². The number of rotatable bonds is 6. The lowest BCUT2D eigenvalue weighted by atomic mass is 10.2. The van der Waals surface area contributed by atoms with Crippen LogP contribution < -0.4 is 5.32 Å². The number of carbonyl (C=O) groups excluding carboxylic acids is 2. The Hall–Kier alpha value is -2.65. The van der Waals surface area contributed by atoms with Crippen molar-refractivity contribution in [1.29, 1.82) is 0 Å². The zero-order valence-corrected chi connectivity index (χ0v) is 17.2. The van der Waals surface area contributed by atoms with Gasteiger partial charge in [-0.25, -0.2) is 4.98 Å². The molecule has 0 aliphatic carbocycles. The fourth-order valence-electron chi connectivity index (χ4n) is 2.58. The van der Waals surface area contributed by atoms with Gasteiger partial charge >= 0.3 is 12.1 Å². The number of ether oxygens (including phenoxy) is 1. The van der Waals surface area contributed by atoms with Crippen molar-refractivity contribution in [2.24, 2.45) is 0 Å². The number of benzene rings is 2. The van der Waals surface area contributed by atoms with Gasteiger partial charge in [0.1, 0.15) is 0 Å². The zero-order valence-electron chi connectivity index (χ0n) is 15.6. The SMILES string of the molecule is C[C@@H](OC(=O)CCc1nc2ccccc2s1)C(=O)Nc1cc(C(F)(F)F)ccc1Cl. The van der Waals surface area contributed by atoms with Gasteiger partial charge in [-0.2, -0.15) is 13.2 Å². The van der Waals surface area contributed by atoms with Crippen molar-refractivity contribution in [1.82, 2.24) is 4.98 Å². The lowest BCUT2D eigenvalue weighted by Crippen LogP contribution is -2.30. The highest BCUT2D eigenvalue weighted by Crippen LogP contribution is 2.34. The van der Waals surface area contributed by atoms with E-state index in [1.165, 1.54) is 18.3 Å². The van der Waals surface area contributed by atoms with Gasteiger partial charge in [-0.1, -0.05) is 23.7 Å². The molecule has 10 heteroatoms. The van der Waals surface area contributed by atoms with Gasteiger partial charge in [0.05, 0.1) is 37.9 Å². The molecule has 5 nitrogen and oxygen atoms in total. The van der Waals surface area contributed by atoms with Crippen molar-refractivity contribution in [3.63, 3.8) is 0 Å². The van der Waals surface area contributed by atoms with Crippen LogP contribution in [0.1, 0.15) is 23.9 Å². The summed E-state index contributed by atoms with van der Waals surface area (Å²) in [5.74, 6) is -1.41. The molecule has 0 aliphatic heterocycles. The summed E-state index contributed by atoms with van der Waals surface area (Å²) in [6, 6.07) is 10.1. The van der Waals surface area contributed by atoms with Gasteiger partial charge in [0.2, 0.25) is 0 Å². The van der Waals surface area contributed by atoms with E-state index >= 15 is 0 Å². The fourth-order valence-corrected chi connectivity index (χ4v) is 3.71. The van der Waals surface area contributed by atoms with Crippen LogP contribution in [0, 0.1) is 0 Å². The first kappa shape index (κ1) is 22.0. The number of amides is 1. The maximum absolute atomic E-state index is 12.8. The van der Waals surface area contributed by atoms with Gasteiger partial charge in [-0.05, 0) is 37.3 Å². The van der Waals surface area contributed by atoms with Gasteiger partial charge in [0, 0.05) is 6.42 Å². The molecular formula is C20H16ClF3N2O3S. The molecule has 0 spiro atoms. The van der Waals surface area contributed by atoms with E-state index in [0.29, 0.717) is 6.42 Å². The average Bonchev–Trinajstić information content (AvgIpc) is 3.10. The molecule has 158 valence electrons. The highest BCUT2D eigenvalue weighted by Gasteiger charge is 2.31. The number of aryl methyl sites for hydroxylation is 1. The van der Waals surface area contributed by atoms with E-state index in [2.05, 4.69) is 10.3 Å². The second-order valence-corrected chi connectivity index (χ2v) is 7.91. The summed E-state index contributed by atoms with van der Waals surface area (Å²) in [6.07, 6.45) is -5.42. The quantitative estimate of drug-likeness (QED) is 0.499. The molecule has 1 heterocycles. The highest BCUT2D eigenvalue weighted by atomic mass is 35.5. The summed E-state index contributed by atoms with van der Waals surface area (Å²) in [5.41, 5.74) is -0.326. The lowest BCUT2D eigenvalue weighted by molar-refractivity contribution is -0.153. The van der Waals surface area contributed by atoms with Gasteiger partial charge in [-0.3, -0.25) is 9.59 Å². The van der Waals surface area contributed by atoms with E-state index in [4.69, 9.17) is 16.3 Å². The van der Waals surface area contributed by atoms with Crippen LogP contribution in [-0.2, 0) is 26.9 Å². The van der Waals surface area contributed by atoms with Crippen molar-refractivity contribution >= 4 is 50.7 Å². The molecule has 0 unspecified atom stereocenters. The highest BCUT2D eigenvalue weighted by molar-refractivity contribution is 7.18. The van der Waals surface area contributed by atoms with E-state index in [-0.39, 0.29) is 17.1 Å². The Morgan fingerprint density at radius 2 is 1.97 bits per heavy atom. The molecule has 0 saturated heterocycles. The number of anilines is 1. The molecule has 1 atom stereocenters. The van der Waals surface area contributed by atoms with Crippen molar-refractivity contribution in [2.45, 2.75) is 32.0 Å². The van der Waals surface area contributed by atoms with Crippen LogP contribution in [0.15, 0.2) is 42.5 Å². The minimum atomic E-state index is -4.58. The largest absolute Gasteiger partial charge is 0.453 e. The molecule has 0 bridgehead atoms. The second kappa shape index (κ2) is 9.01. The maximum atomic E-state index is 12.8. The molecule has 1 N–H and O–H groups in total. The van der Waals surface area contributed by atoms with E-state index < -0.39 is 29.7 Å². The fraction of sp³-hybridized carbons (Fsp3) is 0.250. The number of alkyl halides is 3. The van der Waals surface area contributed by atoms with Crippen LogP contribution in [0.25, 0.3) is 10.2 Å². The second-order valence-electron chi connectivity index (χ2n) is 6.39. The summed E-state index contributed by atoms with van der Waals surface area (Å²) in [7, 11) is 0. The normalized spacial score (nSPS) is 12.6. The number of thiazole rings is 1. The first-order valence-corrected chi connectivity index (χ1v) is 10.0. The molecule has 1 aromatic heterocycles. The number of nitrogens with one attached hydrogen (secondary N) is 1. The Morgan fingerprint density at radius 3 is 2.67 bits per heavy atom. The number of fused-ring (bicyclic) bond motifs is 1. The minimum Gasteiger partial charge on any atom is -0.453 e. The first-order chi connectivity index (χ1) is 14.1. The number of aromatic nitrogens is 1. The molecule has 0 radical (unpaired) electrons. The number of carbonyl (C=O) groups is 2. The van der Waals surface area contributed by atoms with Crippen LogP contribution in [0.5, 0.6) is 0 Å². The Bertz CT molecular complexity index is 1050. The van der Waals surface area contributed by atoms with E-state index in [0.717, 1.165) is 33.4 Å². The van der Waals surface area contributed by atoms with Gasteiger partial charge < -0.3 is 10.1 Å². The topological polar surface area (TPSA) is 68.3 Å². The maximum Gasteiger partial charge on any atom is 0.416 e. The monoisotopic (exact) mass is 456 g/mol. The molecule has 0 aliphatic rings. The molecular weight excluding hydrogens is 441 g/mol. The molecule has 0 fully saturated rings. The molecule has 2 aromatic carbocycles. The van der Waals surface area contributed by atoms with Crippen LogP contribution in [0.3, 0.4) is 0 Å². The molecule has 1 amide bonds. The third kappa shape index (κ3) is 5.48. The van der Waals surface area contributed by atoms with E-state index in [9.17, 15) is 22.8 Å². The summed E-state index contributed by atoms with van der Waals surface area (Å²) < 4.78 is 44.6.